The van der Waals surface area contributed by atoms with Gasteiger partial charge in [-0.15, -0.1) is 0 Å². The first kappa shape index (κ1) is 15.3. The molecule has 0 spiro atoms. The molecule has 2 rings (SSSR count). The summed E-state index contributed by atoms with van der Waals surface area (Å²) in [7, 11) is 0. The van der Waals surface area contributed by atoms with Crippen molar-refractivity contribution in [3.63, 3.8) is 0 Å². The lowest BCUT2D eigenvalue weighted by Gasteiger charge is -2.35. The van der Waals surface area contributed by atoms with Gasteiger partial charge in [0.05, 0.1) is 18.6 Å². The molecule has 1 saturated heterocycles. The van der Waals surface area contributed by atoms with Crippen LogP contribution >= 0.6 is 0 Å². The van der Waals surface area contributed by atoms with E-state index in [9.17, 15) is 9.59 Å². The van der Waals surface area contributed by atoms with Crippen molar-refractivity contribution in [1.82, 2.24) is 4.90 Å². The fourth-order valence-corrected chi connectivity index (χ4v) is 2.43. The number of aliphatic carboxylic acids is 1. The third-order valence-corrected chi connectivity index (χ3v) is 3.27. The molecule has 1 heterocycles. The average Bonchev–Trinajstić information content (AvgIpc) is 2.39. The van der Waals surface area contributed by atoms with Gasteiger partial charge in [-0.2, -0.15) is 0 Å². The molecular formula is C15H20N2O4. The number of carbonyl (C=O) groups excluding carboxylic acids is 1. The van der Waals surface area contributed by atoms with Crippen molar-refractivity contribution in [3.05, 3.63) is 29.8 Å². The molecular weight excluding hydrogens is 272 g/mol. The van der Waals surface area contributed by atoms with Crippen LogP contribution in [-0.2, 0) is 16.0 Å². The number of nitrogens with zero attached hydrogens (tertiary/aromatic N) is 1. The number of nitrogens with one attached hydrogen (secondary N) is 1. The predicted octanol–water partition coefficient (Wildman–Crippen LogP) is 1.95. The Balaban J connectivity index is 1.94. The molecule has 114 valence electrons. The van der Waals surface area contributed by atoms with Crippen LogP contribution in [0.5, 0.6) is 0 Å². The Morgan fingerprint density at radius 1 is 1.24 bits per heavy atom. The van der Waals surface area contributed by atoms with Crippen LogP contribution in [0, 0.1) is 0 Å². The van der Waals surface area contributed by atoms with Crippen LogP contribution in [0.4, 0.5) is 10.5 Å². The zero-order valence-corrected chi connectivity index (χ0v) is 12.2. The maximum atomic E-state index is 12.2. The van der Waals surface area contributed by atoms with Gasteiger partial charge in [-0.05, 0) is 31.5 Å². The zero-order valence-electron chi connectivity index (χ0n) is 12.2. The lowest BCUT2D eigenvalue weighted by molar-refractivity contribution is -0.136. The predicted molar refractivity (Wildman–Crippen MR) is 78.4 cm³/mol. The van der Waals surface area contributed by atoms with E-state index in [1.165, 1.54) is 0 Å². The highest BCUT2D eigenvalue weighted by Gasteiger charge is 2.25. The number of anilines is 1. The fraction of sp³-hybridized carbons (Fsp3) is 0.467. The van der Waals surface area contributed by atoms with Crippen molar-refractivity contribution < 1.29 is 19.4 Å². The molecule has 1 aliphatic heterocycles. The van der Waals surface area contributed by atoms with E-state index in [0.717, 1.165) is 0 Å². The Labute approximate surface area is 123 Å². The number of benzene rings is 1. The van der Waals surface area contributed by atoms with Gasteiger partial charge >= 0.3 is 12.0 Å². The number of morpholine rings is 1. The van der Waals surface area contributed by atoms with Crippen LogP contribution in [0.2, 0.25) is 0 Å². The normalized spacial score (nSPS) is 21.9. The highest BCUT2D eigenvalue weighted by Crippen LogP contribution is 2.14. The minimum absolute atomic E-state index is 0.0211. The fourth-order valence-electron chi connectivity index (χ4n) is 2.43. The summed E-state index contributed by atoms with van der Waals surface area (Å²) in [6, 6.07) is 6.67. The summed E-state index contributed by atoms with van der Waals surface area (Å²) >= 11 is 0. The number of carbonyl (C=O) groups is 2. The van der Waals surface area contributed by atoms with Crippen molar-refractivity contribution >= 4 is 17.7 Å². The highest BCUT2D eigenvalue weighted by molar-refractivity contribution is 5.89. The Morgan fingerprint density at radius 3 is 2.33 bits per heavy atom. The Bertz CT molecular complexity index is 505. The minimum atomic E-state index is -0.872. The van der Waals surface area contributed by atoms with Gasteiger partial charge in [0.2, 0.25) is 0 Å². The van der Waals surface area contributed by atoms with Gasteiger partial charge in [0.25, 0.3) is 0 Å². The molecule has 1 aromatic rings. The van der Waals surface area contributed by atoms with E-state index in [-0.39, 0.29) is 24.7 Å². The van der Waals surface area contributed by atoms with Crippen molar-refractivity contribution in [3.8, 4) is 0 Å². The third-order valence-electron chi connectivity index (χ3n) is 3.27. The Kier molecular flexibility index (Phi) is 4.80. The molecule has 1 aliphatic rings. The third kappa shape index (κ3) is 4.46. The van der Waals surface area contributed by atoms with Gasteiger partial charge in [-0.25, -0.2) is 4.79 Å². The molecule has 21 heavy (non-hydrogen) atoms. The second kappa shape index (κ2) is 6.58. The summed E-state index contributed by atoms with van der Waals surface area (Å²) in [4.78, 5) is 24.5. The molecule has 6 heteroatoms. The smallest absolute Gasteiger partial charge is 0.322 e. The standard InChI is InChI=1S/C15H20N2O4/c1-10-8-17(9-11(2)21-10)15(20)16-13-5-3-12(4-6-13)7-14(18)19/h3-6,10-11H,7-9H2,1-2H3,(H,16,20)(H,18,19). The van der Waals surface area contributed by atoms with Crippen LogP contribution < -0.4 is 5.32 Å². The van der Waals surface area contributed by atoms with Crippen LogP contribution in [0.1, 0.15) is 19.4 Å². The largest absolute Gasteiger partial charge is 0.481 e. The summed E-state index contributed by atoms with van der Waals surface area (Å²) in [5, 5.41) is 11.5. The first-order valence-electron chi connectivity index (χ1n) is 6.96. The van der Waals surface area contributed by atoms with Gasteiger partial charge in [0.15, 0.2) is 0 Å². The van der Waals surface area contributed by atoms with E-state index >= 15 is 0 Å². The van der Waals surface area contributed by atoms with E-state index < -0.39 is 5.97 Å². The summed E-state index contributed by atoms with van der Waals surface area (Å²) in [6.45, 7) is 5.01. The molecule has 0 saturated carbocycles. The lowest BCUT2D eigenvalue weighted by atomic mass is 10.1. The summed E-state index contributed by atoms with van der Waals surface area (Å²) in [5.41, 5.74) is 1.36. The Hall–Kier alpha value is -2.08. The summed E-state index contributed by atoms with van der Waals surface area (Å²) in [6.07, 6.45) is 0.0297. The van der Waals surface area contributed by atoms with Crippen molar-refractivity contribution in [2.45, 2.75) is 32.5 Å². The highest BCUT2D eigenvalue weighted by atomic mass is 16.5. The maximum Gasteiger partial charge on any atom is 0.322 e. The molecule has 0 radical (unpaired) electrons. The van der Waals surface area contributed by atoms with Gasteiger partial charge in [-0.1, -0.05) is 12.1 Å². The number of hydrogen-bond acceptors (Lipinski definition) is 3. The summed E-state index contributed by atoms with van der Waals surface area (Å²) in [5.74, 6) is -0.872. The number of hydrogen-bond donors (Lipinski definition) is 2. The van der Waals surface area contributed by atoms with E-state index in [0.29, 0.717) is 24.3 Å². The molecule has 6 nitrogen and oxygen atoms in total. The SMILES string of the molecule is CC1CN(C(=O)Nc2ccc(CC(=O)O)cc2)CC(C)O1. The number of rotatable bonds is 3. The number of carboxylic acids is 1. The van der Waals surface area contributed by atoms with Crippen molar-refractivity contribution in [1.29, 1.82) is 0 Å². The van der Waals surface area contributed by atoms with Gasteiger partial charge in [0.1, 0.15) is 0 Å². The molecule has 0 aromatic heterocycles. The summed E-state index contributed by atoms with van der Waals surface area (Å²) < 4.78 is 5.59. The molecule has 1 aromatic carbocycles. The zero-order chi connectivity index (χ0) is 15.4. The molecule has 2 N–H and O–H groups in total. The van der Waals surface area contributed by atoms with Crippen LogP contribution in [0.15, 0.2) is 24.3 Å². The number of amides is 2. The van der Waals surface area contributed by atoms with Crippen molar-refractivity contribution in [2.75, 3.05) is 18.4 Å². The van der Waals surface area contributed by atoms with E-state index in [1.807, 2.05) is 13.8 Å². The van der Waals surface area contributed by atoms with Crippen LogP contribution in [0.3, 0.4) is 0 Å². The molecule has 0 aliphatic carbocycles. The molecule has 1 fully saturated rings. The van der Waals surface area contributed by atoms with Gasteiger partial charge < -0.3 is 20.1 Å². The Morgan fingerprint density at radius 2 is 1.81 bits per heavy atom. The average molecular weight is 292 g/mol. The van der Waals surface area contributed by atoms with Crippen LogP contribution in [0.25, 0.3) is 0 Å². The first-order chi connectivity index (χ1) is 9.94. The van der Waals surface area contributed by atoms with E-state index in [1.54, 1.807) is 29.2 Å². The van der Waals surface area contributed by atoms with Gasteiger partial charge in [-0.3, -0.25) is 4.79 Å². The number of urea groups is 1. The molecule has 2 unspecified atom stereocenters. The molecule has 0 bridgehead atoms. The number of carboxylic acid groups (broad SMARTS) is 1. The lowest BCUT2D eigenvalue weighted by Crippen LogP contribution is -2.49. The maximum absolute atomic E-state index is 12.2. The topological polar surface area (TPSA) is 78.9 Å². The monoisotopic (exact) mass is 292 g/mol. The molecule has 2 amide bonds. The van der Waals surface area contributed by atoms with E-state index in [4.69, 9.17) is 9.84 Å². The molecule has 2 atom stereocenters. The second-order valence-corrected chi connectivity index (χ2v) is 5.36. The van der Waals surface area contributed by atoms with Gasteiger partial charge in [0, 0.05) is 18.8 Å². The van der Waals surface area contributed by atoms with E-state index in [2.05, 4.69) is 5.32 Å². The quantitative estimate of drug-likeness (QED) is 0.892. The van der Waals surface area contributed by atoms with Crippen LogP contribution in [-0.4, -0.2) is 47.3 Å². The minimum Gasteiger partial charge on any atom is -0.481 e. The first-order valence-corrected chi connectivity index (χ1v) is 6.96. The number of ether oxygens (including phenoxy) is 1. The second-order valence-electron chi connectivity index (χ2n) is 5.36. The van der Waals surface area contributed by atoms with Crippen molar-refractivity contribution in [2.24, 2.45) is 0 Å².